The summed E-state index contributed by atoms with van der Waals surface area (Å²) in [7, 11) is 0. The number of esters is 1. The molecule has 0 spiro atoms. The molecule has 1 fully saturated rings. The molecule has 0 aromatic carbocycles. The van der Waals surface area contributed by atoms with Crippen LogP contribution in [0.5, 0.6) is 0 Å². The molecule has 5 nitrogen and oxygen atoms in total. The summed E-state index contributed by atoms with van der Waals surface area (Å²) in [5.41, 5.74) is 0. The second-order valence-electron chi connectivity index (χ2n) is 4.93. The highest BCUT2D eigenvalue weighted by atomic mass is 35.5. The Hall–Kier alpha value is -1.25. The first-order chi connectivity index (χ1) is 10.6. The second kappa shape index (κ2) is 6.47. The number of ether oxygens (including phenoxy) is 1. The molecule has 1 aromatic heterocycles. The number of nitrogens with zero attached hydrogens (tertiary/aromatic N) is 3. The number of hydrogen-bond acceptors (Lipinski definition) is 5. The topological polar surface area (TPSA) is 45.1 Å². The van der Waals surface area contributed by atoms with Gasteiger partial charge in [-0.2, -0.15) is 5.10 Å². The minimum absolute atomic E-state index is 0.0329. The molecule has 1 unspecified atom stereocenters. The van der Waals surface area contributed by atoms with Gasteiger partial charge in [-0.15, -0.1) is 16.5 Å². The van der Waals surface area contributed by atoms with Crippen LogP contribution >= 0.6 is 35.2 Å². The van der Waals surface area contributed by atoms with Crippen molar-refractivity contribution in [3.8, 4) is 0 Å². The zero-order chi connectivity index (χ0) is 15.7. The third-order valence-electron chi connectivity index (χ3n) is 3.46. The molecule has 2 aliphatic rings. The average Bonchev–Trinajstić information content (AvgIpc) is 3.12. The van der Waals surface area contributed by atoms with Gasteiger partial charge in [-0.3, -0.25) is 4.79 Å². The van der Waals surface area contributed by atoms with Crippen LogP contribution in [0.3, 0.4) is 0 Å². The highest BCUT2D eigenvalue weighted by Crippen LogP contribution is 2.42. The number of carbonyl (C=O) groups excluding carboxylic acids is 1. The molecule has 0 N–H and O–H groups in total. The first-order valence-electron chi connectivity index (χ1n) is 6.83. The Bertz CT molecular complexity index is 637. The lowest BCUT2D eigenvalue weighted by Crippen LogP contribution is -2.37. The van der Waals surface area contributed by atoms with Crippen LogP contribution in [0.1, 0.15) is 30.1 Å². The van der Waals surface area contributed by atoms with Gasteiger partial charge < -0.3 is 4.74 Å². The maximum atomic E-state index is 14.5. The average molecular weight is 362 g/mol. The van der Waals surface area contributed by atoms with Gasteiger partial charge in [0, 0.05) is 17.6 Å². The normalized spacial score (nSPS) is 21.1. The summed E-state index contributed by atoms with van der Waals surface area (Å²) in [6.07, 6.45) is 4.02. The number of rotatable bonds is 2. The minimum atomic E-state index is -0.416. The van der Waals surface area contributed by atoms with E-state index in [1.807, 2.05) is 0 Å². The van der Waals surface area contributed by atoms with Gasteiger partial charge in [-0.05, 0) is 37.5 Å². The van der Waals surface area contributed by atoms with Crippen LogP contribution in [0.2, 0.25) is 5.02 Å². The van der Waals surface area contributed by atoms with Crippen molar-refractivity contribution in [3.05, 3.63) is 16.0 Å². The fraction of sp³-hybridized carbons (Fsp3) is 0.462. The minimum Gasteiger partial charge on any atom is -0.465 e. The van der Waals surface area contributed by atoms with Gasteiger partial charge in [0.15, 0.2) is 0 Å². The lowest BCUT2D eigenvalue weighted by atomic mass is 10.1. The summed E-state index contributed by atoms with van der Waals surface area (Å²) in [6.45, 7) is 0.948. The molecule has 3 heterocycles. The molecule has 1 saturated heterocycles. The number of cyclic esters (lactones) is 1. The van der Waals surface area contributed by atoms with Gasteiger partial charge in [0.25, 0.3) is 0 Å². The standard InChI is InChI=1S/C13H13ClFN3O2S2/c14-9-7-10(22-11(9)8-3-6-20-12(8)19)18(15)13(21)17-5-2-1-4-16-17/h4,7-8H,1-3,5-6H2. The van der Waals surface area contributed by atoms with Crippen LogP contribution < -0.4 is 5.12 Å². The summed E-state index contributed by atoms with van der Waals surface area (Å²) in [5.74, 6) is -0.731. The van der Waals surface area contributed by atoms with E-state index in [1.165, 1.54) is 11.1 Å². The fourth-order valence-electron chi connectivity index (χ4n) is 2.33. The zero-order valence-corrected chi connectivity index (χ0v) is 13.9. The largest absolute Gasteiger partial charge is 0.465 e. The molecular formula is C13H13ClFN3O2S2. The molecule has 1 aromatic rings. The molecule has 3 rings (SSSR count). The molecule has 0 radical (unpaired) electrons. The first kappa shape index (κ1) is 15.6. The van der Waals surface area contributed by atoms with Crippen LogP contribution in [0.25, 0.3) is 0 Å². The number of halogens is 2. The Morgan fingerprint density at radius 3 is 3.09 bits per heavy atom. The molecule has 22 heavy (non-hydrogen) atoms. The zero-order valence-electron chi connectivity index (χ0n) is 11.5. The second-order valence-corrected chi connectivity index (χ2v) is 6.77. The van der Waals surface area contributed by atoms with Gasteiger partial charge in [0.2, 0.25) is 5.11 Å². The highest BCUT2D eigenvalue weighted by Gasteiger charge is 2.33. The quantitative estimate of drug-likeness (QED) is 0.458. The maximum Gasteiger partial charge on any atom is 0.314 e. The van der Waals surface area contributed by atoms with E-state index in [0.29, 0.717) is 34.6 Å². The lowest BCUT2D eigenvalue weighted by Gasteiger charge is -2.24. The summed E-state index contributed by atoms with van der Waals surface area (Å²) < 4.78 is 19.4. The van der Waals surface area contributed by atoms with Crippen molar-refractivity contribution in [2.75, 3.05) is 18.3 Å². The number of hydrogen-bond donors (Lipinski definition) is 0. The predicted octanol–water partition coefficient (Wildman–Crippen LogP) is 3.49. The number of carbonyl (C=O) groups is 1. The fourth-order valence-corrected chi connectivity index (χ4v) is 4.12. The van der Waals surface area contributed by atoms with E-state index in [0.717, 1.165) is 24.2 Å². The van der Waals surface area contributed by atoms with Gasteiger partial charge in [-0.25, -0.2) is 5.01 Å². The lowest BCUT2D eigenvalue weighted by molar-refractivity contribution is -0.139. The molecular weight excluding hydrogens is 349 g/mol. The van der Waals surface area contributed by atoms with E-state index in [2.05, 4.69) is 5.10 Å². The smallest absolute Gasteiger partial charge is 0.314 e. The summed E-state index contributed by atoms with van der Waals surface area (Å²) in [5, 5.41) is 6.47. The molecule has 118 valence electrons. The van der Waals surface area contributed by atoms with Gasteiger partial charge in [-0.1, -0.05) is 16.1 Å². The Morgan fingerprint density at radius 2 is 2.45 bits per heavy atom. The van der Waals surface area contributed by atoms with Crippen molar-refractivity contribution in [2.24, 2.45) is 5.10 Å². The maximum absolute atomic E-state index is 14.5. The van der Waals surface area contributed by atoms with Crippen LogP contribution in [0.15, 0.2) is 11.2 Å². The van der Waals surface area contributed by atoms with Crippen LogP contribution in [-0.4, -0.2) is 35.5 Å². The van der Waals surface area contributed by atoms with E-state index in [4.69, 9.17) is 28.6 Å². The van der Waals surface area contributed by atoms with E-state index in [9.17, 15) is 9.28 Å². The van der Waals surface area contributed by atoms with Crippen molar-refractivity contribution in [2.45, 2.75) is 25.2 Å². The van der Waals surface area contributed by atoms with Gasteiger partial charge in [0.1, 0.15) is 5.00 Å². The summed E-state index contributed by atoms with van der Waals surface area (Å²) in [4.78, 5) is 12.3. The summed E-state index contributed by atoms with van der Waals surface area (Å²) in [6, 6.07) is 1.48. The number of anilines is 1. The van der Waals surface area contributed by atoms with Gasteiger partial charge in [0.05, 0.1) is 17.5 Å². The van der Waals surface area contributed by atoms with Crippen LogP contribution in [-0.2, 0) is 9.53 Å². The summed E-state index contributed by atoms with van der Waals surface area (Å²) >= 11 is 12.4. The van der Waals surface area contributed by atoms with Crippen molar-refractivity contribution < 1.29 is 14.0 Å². The molecule has 1 atom stereocenters. The van der Waals surface area contributed by atoms with Gasteiger partial charge >= 0.3 is 5.97 Å². The Kier molecular flexibility index (Phi) is 4.60. The third kappa shape index (κ3) is 2.95. The van der Waals surface area contributed by atoms with Crippen LogP contribution in [0, 0.1) is 0 Å². The molecule has 0 saturated carbocycles. The Balaban J connectivity index is 1.79. The van der Waals surface area contributed by atoms with Crippen molar-refractivity contribution in [1.82, 2.24) is 5.01 Å². The number of thiophene rings is 1. The van der Waals surface area contributed by atoms with Crippen molar-refractivity contribution in [3.63, 3.8) is 0 Å². The Morgan fingerprint density at radius 1 is 1.64 bits per heavy atom. The highest BCUT2D eigenvalue weighted by molar-refractivity contribution is 7.80. The monoisotopic (exact) mass is 361 g/mol. The molecule has 0 amide bonds. The van der Waals surface area contributed by atoms with E-state index in [1.54, 1.807) is 6.21 Å². The van der Waals surface area contributed by atoms with Crippen LogP contribution in [0.4, 0.5) is 9.48 Å². The predicted molar refractivity (Wildman–Crippen MR) is 88.3 cm³/mol. The van der Waals surface area contributed by atoms with Crippen molar-refractivity contribution >= 4 is 57.5 Å². The number of hydrazone groups is 1. The first-order valence-corrected chi connectivity index (χ1v) is 8.44. The SMILES string of the molecule is O=C1OCCC1c1sc(N(F)C(=S)N2CCCC=N2)cc1Cl. The molecule has 0 aliphatic carbocycles. The van der Waals surface area contributed by atoms with E-state index >= 15 is 0 Å². The molecule has 9 heteroatoms. The van der Waals surface area contributed by atoms with Crippen molar-refractivity contribution in [1.29, 1.82) is 0 Å². The number of thiocarbonyl (C=S) groups is 1. The van der Waals surface area contributed by atoms with E-state index < -0.39 is 5.92 Å². The molecule has 2 aliphatic heterocycles. The van der Waals surface area contributed by atoms with E-state index in [-0.39, 0.29) is 16.1 Å². The third-order valence-corrected chi connectivity index (χ3v) is 5.47. The molecule has 0 bridgehead atoms. The Labute approximate surface area is 141 Å².